The van der Waals surface area contributed by atoms with Gasteiger partial charge in [0.2, 0.25) is 5.91 Å². The van der Waals surface area contributed by atoms with Crippen molar-refractivity contribution in [1.82, 2.24) is 15.0 Å². The monoisotopic (exact) mass is 392 g/mol. The van der Waals surface area contributed by atoms with Crippen molar-refractivity contribution in [3.8, 4) is 22.6 Å². The Morgan fingerprint density at radius 2 is 1.66 bits per heavy atom. The van der Waals surface area contributed by atoms with Crippen LogP contribution in [0.15, 0.2) is 59.7 Å². The molecule has 3 rings (SSSR count). The number of pyridine rings is 1. The summed E-state index contributed by atoms with van der Waals surface area (Å²) >= 11 is 0. The lowest BCUT2D eigenvalue weighted by Crippen LogP contribution is -2.11. The Morgan fingerprint density at radius 1 is 0.966 bits per heavy atom. The Balaban J connectivity index is 1.67. The number of nitrogens with one attached hydrogen (secondary N) is 2. The number of carbonyl (C=O) groups excluding carboxylic acids is 1. The first-order valence-electron chi connectivity index (χ1n) is 9.15. The van der Waals surface area contributed by atoms with E-state index >= 15 is 0 Å². The van der Waals surface area contributed by atoms with E-state index in [0.29, 0.717) is 35.6 Å². The summed E-state index contributed by atoms with van der Waals surface area (Å²) in [7, 11) is 0. The van der Waals surface area contributed by atoms with Crippen LogP contribution in [0, 0.1) is 0 Å². The van der Waals surface area contributed by atoms with Crippen molar-refractivity contribution in [2.24, 2.45) is 0 Å². The van der Waals surface area contributed by atoms with Gasteiger partial charge in [-0.3, -0.25) is 19.4 Å². The van der Waals surface area contributed by atoms with Crippen LogP contribution >= 0.6 is 0 Å². The summed E-state index contributed by atoms with van der Waals surface area (Å²) in [5, 5.41) is 11.4. The molecule has 0 unspecified atom stereocenters. The fourth-order valence-corrected chi connectivity index (χ4v) is 2.76. The molecule has 0 saturated heterocycles. The molecule has 1 amide bonds. The zero-order chi connectivity index (χ0) is 20.6. The third-order valence-corrected chi connectivity index (χ3v) is 4.20. The van der Waals surface area contributed by atoms with E-state index in [1.165, 1.54) is 6.07 Å². The minimum atomic E-state index is -0.861. The van der Waals surface area contributed by atoms with E-state index in [9.17, 15) is 14.4 Å². The second-order valence-corrected chi connectivity index (χ2v) is 6.44. The molecule has 0 fully saturated rings. The minimum Gasteiger partial charge on any atom is -0.481 e. The van der Waals surface area contributed by atoms with Crippen molar-refractivity contribution in [3.05, 3.63) is 65.2 Å². The average Bonchev–Trinajstić information content (AvgIpc) is 2.72. The summed E-state index contributed by atoms with van der Waals surface area (Å²) in [6, 6.07) is 12.0. The van der Waals surface area contributed by atoms with Gasteiger partial charge in [0.05, 0.1) is 5.69 Å². The Labute approximate surface area is 166 Å². The maximum Gasteiger partial charge on any atom is 0.303 e. The first-order chi connectivity index (χ1) is 14.0. The summed E-state index contributed by atoms with van der Waals surface area (Å²) in [5.41, 5.74) is 2.40. The van der Waals surface area contributed by atoms with Crippen LogP contribution in [0.4, 0.5) is 5.69 Å². The number of aromatic amines is 1. The topological polar surface area (TPSA) is 125 Å². The van der Waals surface area contributed by atoms with Gasteiger partial charge in [-0.15, -0.1) is 0 Å². The molecule has 0 bridgehead atoms. The maximum absolute atomic E-state index is 12.0. The summed E-state index contributed by atoms with van der Waals surface area (Å²) in [4.78, 5) is 45.6. The predicted molar refractivity (Wildman–Crippen MR) is 108 cm³/mol. The van der Waals surface area contributed by atoms with Crippen molar-refractivity contribution >= 4 is 17.6 Å². The number of nitrogens with zero attached hydrogens (tertiary/aromatic N) is 2. The Kier molecular flexibility index (Phi) is 6.47. The van der Waals surface area contributed by atoms with Crippen LogP contribution in [0.25, 0.3) is 22.6 Å². The number of anilines is 1. The molecule has 2 heterocycles. The van der Waals surface area contributed by atoms with Gasteiger partial charge in [0.25, 0.3) is 5.56 Å². The molecule has 8 heteroatoms. The second-order valence-electron chi connectivity index (χ2n) is 6.44. The van der Waals surface area contributed by atoms with Crippen LogP contribution < -0.4 is 10.9 Å². The number of unbranched alkanes of at least 4 members (excludes halogenated alkanes) is 1. The number of H-pyrrole nitrogens is 1. The Hall–Kier alpha value is -3.81. The fraction of sp³-hybridized carbons (Fsp3) is 0.190. The van der Waals surface area contributed by atoms with Crippen LogP contribution in [0.5, 0.6) is 0 Å². The van der Waals surface area contributed by atoms with Gasteiger partial charge >= 0.3 is 5.97 Å². The highest BCUT2D eigenvalue weighted by Crippen LogP contribution is 2.21. The van der Waals surface area contributed by atoms with Crippen LogP contribution in [0.1, 0.15) is 25.7 Å². The van der Waals surface area contributed by atoms with Crippen LogP contribution in [0.3, 0.4) is 0 Å². The molecular formula is C21H20N4O4. The van der Waals surface area contributed by atoms with Gasteiger partial charge in [-0.1, -0.05) is 0 Å². The summed E-state index contributed by atoms with van der Waals surface area (Å²) in [5.74, 6) is -0.606. The van der Waals surface area contributed by atoms with Crippen molar-refractivity contribution in [2.75, 3.05) is 5.32 Å². The highest BCUT2D eigenvalue weighted by atomic mass is 16.4. The van der Waals surface area contributed by atoms with Gasteiger partial charge in [-0.05, 0) is 49.2 Å². The lowest BCUT2D eigenvalue weighted by Gasteiger charge is -2.07. The Morgan fingerprint density at radius 3 is 2.34 bits per heavy atom. The molecule has 0 aliphatic rings. The van der Waals surface area contributed by atoms with Crippen LogP contribution in [0.2, 0.25) is 0 Å². The molecule has 0 aliphatic carbocycles. The molecule has 0 spiro atoms. The third-order valence-electron chi connectivity index (χ3n) is 4.20. The molecular weight excluding hydrogens is 372 g/mol. The van der Waals surface area contributed by atoms with E-state index in [2.05, 4.69) is 20.3 Å². The maximum atomic E-state index is 12.0. The van der Waals surface area contributed by atoms with E-state index in [0.717, 1.165) is 5.56 Å². The lowest BCUT2D eigenvalue weighted by atomic mass is 10.1. The molecule has 0 atom stereocenters. The molecule has 8 nitrogen and oxygen atoms in total. The number of rotatable bonds is 8. The van der Waals surface area contributed by atoms with E-state index in [-0.39, 0.29) is 24.3 Å². The number of amides is 1. The number of hydrogen-bond donors (Lipinski definition) is 3. The molecule has 2 aromatic heterocycles. The van der Waals surface area contributed by atoms with Gasteiger partial charge in [-0.25, -0.2) is 4.98 Å². The van der Waals surface area contributed by atoms with Gasteiger partial charge in [0, 0.05) is 48.1 Å². The molecule has 29 heavy (non-hydrogen) atoms. The van der Waals surface area contributed by atoms with E-state index in [1.807, 2.05) is 0 Å². The van der Waals surface area contributed by atoms with Crippen LogP contribution in [-0.4, -0.2) is 31.9 Å². The lowest BCUT2D eigenvalue weighted by molar-refractivity contribution is -0.137. The standard InChI is InChI=1S/C21H20N4O4/c26-18(3-1-2-4-20(28)29)23-16-7-5-15(6-8-16)21-24-17(13-19(27)25-21)14-9-11-22-12-10-14/h5-13H,1-4H2,(H,23,26)(H,28,29)(H,24,25,27). The third kappa shape index (κ3) is 5.83. The number of benzene rings is 1. The summed E-state index contributed by atoms with van der Waals surface area (Å²) in [6.07, 6.45) is 4.58. The SMILES string of the molecule is O=C(O)CCCCC(=O)Nc1ccc(-c2nc(-c3ccncc3)cc(=O)[nH]2)cc1. The molecule has 148 valence electrons. The normalized spacial score (nSPS) is 10.5. The summed E-state index contributed by atoms with van der Waals surface area (Å²) < 4.78 is 0. The van der Waals surface area contributed by atoms with Crippen molar-refractivity contribution in [2.45, 2.75) is 25.7 Å². The number of carboxylic acids is 1. The predicted octanol–water partition coefficient (Wildman–Crippen LogP) is 3.08. The van der Waals surface area contributed by atoms with E-state index in [4.69, 9.17) is 5.11 Å². The first kappa shape index (κ1) is 19.9. The number of aliphatic carboxylic acids is 1. The molecule has 0 aliphatic heterocycles. The zero-order valence-electron chi connectivity index (χ0n) is 15.6. The van der Waals surface area contributed by atoms with E-state index in [1.54, 1.807) is 48.8 Å². The number of hydrogen-bond acceptors (Lipinski definition) is 5. The van der Waals surface area contributed by atoms with Gasteiger partial charge in [-0.2, -0.15) is 0 Å². The minimum absolute atomic E-state index is 0.0612. The highest BCUT2D eigenvalue weighted by Gasteiger charge is 2.08. The Bertz CT molecular complexity index is 1050. The van der Waals surface area contributed by atoms with Gasteiger partial charge < -0.3 is 15.4 Å². The number of carboxylic acid groups (broad SMARTS) is 1. The quantitative estimate of drug-likeness (QED) is 0.506. The molecule has 0 radical (unpaired) electrons. The molecule has 3 N–H and O–H groups in total. The molecule has 0 saturated carbocycles. The van der Waals surface area contributed by atoms with Crippen molar-refractivity contribution < 1.29 is 14.7 Å². The van der Waals surface area contributed by atoms with Crippen molar-refractivity contribution in [1.29, 1.82) is 0 Å². The van der Waals surface area contributed by atoms with Gasteiger partial charge in [0.15, 0.2) is 0 Å². The van der Waals surface area contributed by atoms with Crippen molar-refractivity contribution in [3.63, 3.8) is 0 Å². The van der Waals surface area contributed by atoms with Gasteiger partial charge in [0.1, 0.15) is 5.82 Å². The fourth-order valence-electron chi connectivity index (χ4n) is 2.76. The van der Waals surface area contributed by atoms with E-state index < -0.39 is 5.97 Å². The zero-order valence-corrected chi connectivity index (χ0v) is 15.6. The number of aromatic nitrogens is 3. The molecule has 1 aromatic carbocycles. The first-order valence-corrected chi connectivity index (χ1v) is 9.15. The smallest absolute Gasteiger partial charge is 0.303 e. The van der Waals surface area contributed by atoms with Crippen LogP contribution in [-0.2, 0) is 9.59 Å². The largest absolute Gasteiger partial charge is 0.481 e. The number of carbonyl (C=O) groups is 2. The second kappa shape index (κ2) is 9.41. The highest BCUT2D eigenvalue weighted by molar-refractivity contribution is 5.90. The summed E-state index contributed by atoms with van der Waals surface area (Å²) in [6.45, 7) is 0. The average molecular weight is 392 g/mol. The molecule has 3 aromatic rings.